The zero-order chi connectivity index (χ0) is 15.9. The van der Waals surface area contributed by atoms with Crippen LogP contribution in [0, 0.1) is 0 Å². The monoisotopic (exact) mass is 315 g/mol. The summed E-state index contributed by atoms with van der Waals surface area (Å²) in [5, 5.41) is 0. The number of H-pyrrole nitrogens is 2. The lowest BCUT2D eigenvalue weighted by Gasteiger charge is -2.45. The average molecular weight is 315 g/mol. The van der Waals surface area contributed by atoms with Crippen LogP contribution >= 0.6 is 0 Å². The number of aromatic amines is 2. The fourth-order valence-corrected chi connectivity index (χ4v) is 3.92. The quantitative estimate of drug-likeness (QED) is 0.845. The Hall–Kier alpha value is -2.08. The van der Waals surface area contributed by atoms with Gasteiger partial charge in [-0.15, -0.1) is 0 Å². The zero-order valence-corrected chi connectivity index (χ0v) is 13.1. The molecule has 2 aromatic rings. The van der Waals surface area contributed by atoms with Gasteiger partial charge in [0.25, 0.3) is 5.91 Å². The number of morpholine rings is 1. The summed E-state index contributed by atoms with van der Waals surface area (Å²) >= 11 is 0. The average Bonchev–Trinajstić information content (AvgIpc) is 2.95. The molecule has 1 aromatic heterocycles. The SMILES string of the molecule is O=C(c1cccc2[nH]c(=O)[nH]c12)N1CCOC2(CCCCC2)C1. The van der Waals surface area contributed by atoms with E-state index in [0.29, 0.717) is 36.3 Å². The van der Waals surface area contributed by atoms with Crippen LogP contribution in [0.2, 0.25) is 0 Å². The highest BCUT2D eigenvalue weighted by atomic mass is 16.5. The van der Waals surface area contributed by atoms with Gasteiger partial charge in [0.05, 0.1) is 35.3 Å². The minimum absolute atomic E-state index is 0.0286. The number of carbonyl (C=O) groups is 1. The van der Waals surface area contributed by atoms with E-state index in [1.165, 1.54) is 19.3 Å². The molecule has 6 heteroatoms. The van der Waals surface area contributed by atoms with E-state index in [9.17, 15) is 9.59 Å². The smallest absolute Gasteiger partial charge is 0.323 e. The minimum Gasteiger partial charge on any atom is -0.371 e. The first kappa shape index (κ1) is 14.5. The van der Waals surface area contributed by atoms with Gasteiger partial charge in [0.15, 0.2) is 0 Å². The molecule has 1 saturated heterocycles. The Morgan fingerprint density at radius 2 is 2.00 bits per heavy atom. The van der Waals surface area contributed by atoms with Gasteiger partial charge in [-0.05, 0) is 25.0 Å². The van der Waals surface area contributed by atoms with Gasteiger partial charge < -0.3 is 19.6 Å². The Labute approximate surface area is 133 Å². The van der Waals surface area contributed by atoms with Crippen LogP contribution in [-0.2, 0) is 4.74 Å². The summed E-state index contributed by atoms with van der Waals surface area (Å²) in [7, 11) is 0. The van der Waals surface area contributed by atoms with Crippen LogP contribution < -0.4 is 5.69 Å². The van der Waals surface area contributed by atoms with E-state index < -0.39 is 0 Å². The second-order valence-electron chi connectivity index (χ2n) is 6.63. The van der Waals surface area contributed by atoms with Gasteiger partial charge >= 0.3 is 5.69 Å². The molecule has 1 spiro atoms. The largest absolute Gasteiger partial charge is 0.371 e. The maximum Gasteiger partial charge on any atom is 0.323 e. The Bertz CT molecular complexity index is 780. The Kier molecular flexibility index (Phi) is 3.49. The van der Waals surface area contributed by atoms with Crippen molar-refractivity contribution in [3.63, 3.8) is 0 Å². The summed E-state index contributed by atoms with van der Waals surface area (Å²) in [6.07, 6.45) is 5.65. The number of hydrogen-bond donors (Lipinski definition) is 2. The number of hydrogen-bond acceptors (Lipinski definition) is 3. The van der Waals surface area contributed by atoms with Gasteiger partial charge in [-0.25, -0.2) is 4.79 Å². The predicted octanol–water partition coefficient (Wildman–Crippen LogP) is 2.03. The molecule has 2 fully saturated rings. The lowest BCUT2D eigenvalue weighted by Crippen LogP contribution is -2.54. The summed E-state index contributed by atoms with van der Waals surface area (Å²) in [6.45, 7) is 1.84. The normalized spacial score (nSPS) is 21.0. The predicted molar refractivity (Wildman–Crippen MR) is 86.6 cm³/mol. The second-order valence-corrected chi connectivity index (χ2v) is 6.63. The number of para-hydroxylation sites is 1. The molecule has 2 heterocycles. The maximum absolute atomic E-state index is 13.0. The van der Waals surface area contributed by atoms with E-state index in [4.69, 9.17) is 4.74 Å². The van der Waals surface area contributed by atoms with Crippen molar-refractivity contribution in [3.8, 4) is 0 Å². The summed E-state index contributed by atoms with van der Waals surface area (Å²) in [5.41, 5.74) is 1.36. The fourth-order valence-electron chi connectivity index (χ4n) is 3.92. The van der Waals surface area contributed by atoms with E-state index in [-0.39, 0.29) is 17.2 Å². The molecule has 0 radical (unpaired) electrons. The molecule has 1 aliphatic carbocycles. The minimum atomic E-state index is -0.286. The molecular weight excluding hydrogens is 294 g/mol. The van der Waals surface area contributed by atoms with Crippen molar-refractivity contribution in [1.29, 1.82) is 0 Å². The van der Waals surface area contributed by atoms with Crippen LogP contribution in [0.15, 0.2) is 23.0 Å². The van der Waals surface area contributed by atoms with Crippen LogP contribution in [0.3, 0.4) is 0 Å². The van der Waals surface area contributed by atoms with Gasteiger partial charge in [0.2, 0.25) is 0 Å². The number of benzene rings is 1. The lowest BCUT2D eigenvalue weighted by atomic mass is 9.83. The third kappa shape index (κ3) is 2.57. The molecule has 0 bridgehead atoms. The molecule has 1 aromatic carbocycles. The number of rotatable bonds is 1. The van der Waals surface area contributed by atoms with Crippen molar-refractivity contribution in [1.82, 2.24) is 14.9 Å². The van der Waals surface area contributed by atoms with Crippen molar-refractivity contribution in [2.75, 3.05) is 19.7 Å². The number of fused-ring (bicyclic) bond motifs is 1. The summed E-state index contributed by atoms with van der Waals surface area (Å²) in [4.78, 5) is 31.8. The van der Waals surface area contributed by atoms with Crippen molar-refractivity contribution in [2.45, 2.75) is 37.7 Å². The van der Waals surface area contributed by atoms with Gasteiger partial charge in [-0.3, -0.25) is 4.79 Å². The number of carbonyl (C=O) groups excluding carboxylic acids is 1. The molecule has 2 aliphatic rings. The fraction of sp³-hybridized carbons (Fsp3) is 0.529. The van der Waals surface area contributed by atoms with E-state index in [1.807, 2.05) is 4.90 Å². The third-order valence-corrected chi connectivity index (χ3v) is 5.08. The topological polar surface area (TPSA) is 78.2 Å². The van der Waals surface area contributed by atoms with Crippen molar-refractivity contribution in [3.05, 3.63) is 34.2 Å². The van der Waals surface area contributed by atoms with Gasteiger partial charge in [-0.2, -0.15) is 0 Å². The number of aromatic nitrogens is 2. The van der Waals surface area contributed by atoms with Crippen molar-refractivity contribution < 1.29 is 9.53 Å². The number of nitrogens with zero attached hydrogens (tertiary/aromatic N) is 1. The molecule has 1 aliphatic heterocycles. The van der Waals surface area contributed by atoms with Crippen molar-refractivity contribution in [2.24, 2.45) is 0 Å². The number of ether oxygens (including phenoxy) is 1. The molecule has 2 N–H and O–H groups in total. The highest BCUT2D eigenvalue weighted by molar-refractivity contribution is 6.04. The first-order valence-electron chi connectivity index (χ1n) is 8.31. The Morgan fingerprint density at radius 3 is 2.83 bits per heavy atom. The van der Waals surface area contributed by atoms with E-state index in [2.05, 4.69) is 9.97 Å². The Balaban J connectivity index is 1.64. The van der Waals surface area contributed by atoms with Crippen LogP contribution in [0.1, 0.15) is 42.5 Å². The van der Waals surface area contributed by atoms with Crippen molar-refractivity contribution >= 4 is 16.9 Å². The highest BCUT2D eigenvalue weighted by Gasteiger charge is 2.39. The van der Waals surface area contributed by atoms with E-state index in [1.54, 1.807) is 18.2 Å². The first-order valence-corrected chi connectivity index (χ1v) is 8.31. The van der Waals surface area contributed by atoms with Crippen LogP contribution in [0.5, 0.6) is 0 Å². The molecule has 1 amide bonds. The number of imidazole rings is 1. The molecule has 0 atom stereocenters. The zero-order valence-electron chi connectivity index (χ0n) is 13.1. The lowest BCUT2D eigenvalue weighted by molar-refractivity contribution is -0.117. The van der Waals surface area contributed by atoms with E-state index in [0.717, 1.165) is 12.8 Å². The number of amides is 1. The van der Waals surface area contributed by atoms with Gasteiger partial charge in [0, 0.05) is 6.54 Å². The standard InChI is InChI=1S/C17H21N3O3/c21-15(12-5-4-6-13-14(12)19-16(22)18-13)20-9-10-23-17(11-20)7-2-1-3-8-17/h4-6H,1-3,7-11H2,(H2,18,19,22). The molecule has 4 rings (SSSR count). The summed E-state index contributed by atoms with van der Waals surface area (Å²) in [5.74, 6) is -0.0286. The third-order valence-electron chi connectivity index (χ3n) is 5.08. The maximum atomic E-state index is 13.0. The highest BCUT2D eigenvalue weighted by Crippen LogP contribution is 2.35. The number of nitrogens with one attached hydrogen (secondary N) is 2. The molecule has 6 nitrogen and oxygen atoms in total. The van der Waals surface area contributed by atoms with Gasteiger partial charge in [-0.1, -0.05) is 25.3 Å². The molecule has 23 heavy (non-hydrogen) atoms. The summed E-state index contributed by atoms with van der Waals surface area (Å²) < 4.78 is 6.06. The van der Waals surface area contributed by atoms with Gasteiger partial charge in [0.1, 0.15) is 0 Å². The summed E-state index contributed by atoms with van der Waals surface area (Å²) in [6, 6.07) is 5.37. The molecule has 1 saturated carbocycles. The first-order chi connectivity index (χ1) is 11.2. The molecular formula is C17H21N3O3. The van der Waals surface area contributed by atoms with Crippen LogP contribution in [-0.4, -0.2) is 46.1 Å². The van der Waals surface area contributed by atoms with Crippen LogP contribution in [0.25, 0.3) is 11.0 Å². The molecule has 0 unspecified atom stereocenters. The second kappa shape index (κ2) is 5.53. The van der Waals surface area contributed by atoms with E-state index >= 15 is 0 Å². The Morgan fingerprint density at radius 1 is 1.17 bits per heavy atom. The molecule has 122 valence electrons. The van der Waals surface area contributed by atoms with Crippen LogP contribution in [0.4, 0.5) is 0 Å².